The smallest absolute Gasteiger partial charge is 0.176 e. The second kappa shape index (κ2) is 2.37. The Bertz CT molecular complexity index is 137. The number of aromatic amines is 1. The van der Waals surface area contributed by atoms with Crippen LogP contribution < -0.4 is 0 Å². The fourth-order valence-electron chi connectivity index (χ4n) is 0.380. The van der Waals surface area contributed by atoms with E-state index in [1.807, 2.05) is 0 Å². The highest BCUT2D eigenvalue weighted by atomic mass is 16.3. The highest BCUT2D eigenvalue weighted by Crippen LogP contribution is 1.81. The highest BCUT2D eigenvalue weighted by molar-refractivity contribution is 4.73. The Morgan fingerprint density at radius 3 is 3.00 bits per heavy atom. The van der Waals surface area contributed by atoms with E-state index in [1.165, 1.54) is 0 Å². The van der Waals surface area contributed by atoms with E-state index in [0.29, 0.717) is 12.2 Å². The molecule has 43 valence electrons. The molecular formula is C3H5N4O. The summed E-state index contributed by atoms with van der Waals surface area (Å²) in [6, 6.07) is 0. The van der Waals surface area contributed by atoms with Crippen molar-refractivity contribution in [1.82, 2.24) is 20.6 Å². The van der Waals surface area contributed by atoms with Crippen LogP contribution in [-0.4, -0.2) is 27.2 Å². The molecule has 0 aliphatic rings. The average molecular weight is 113 g/mol. The molecule has 8 heavy (non-hydrogen) atoms. The van der Waals surface area contributed by atoms with Gasteiger partial charge in [0.25, 0.3) is 0 Å². The summed E-state index contributed by atoms with van der Waals surface area (Å²) in [4.78, 5) is 0. The first-order valence-electron chi connectivity index (χ1n) is 2.24. The standard InChI is InChI=1S/C3H5N4O/c8-2-1-3-4-6-7-5-3/h1-2H2,(H,4,5,6,7). The van der Waals surface area contributed by atoms with Gasteiger partial charge in [-0.05, 0) is 0 Å². The van der Waals surface area contributed by atoms with Gasteiger partial charge in [0.15, 0.2) is 5.82 Å². The zero-order valence-electron chi connectivity index (χ0n) is 4.16. The Kier molecular flexibility index (Phi) is 1.53. The van der Waals surface area contributed by atoms with E-state index >= 15 is 0 Å². The highest BCUT2D eigenvalue weighted by Gasteiger charge is 1.93. The largest absolute Gasteiger partial charge is 0.236 e. The van der Waals surface area contributed by atoms with Gasteiger partial charge >= 0.3 is 0 Å². The number of H-pyrrole nitrogens is 1. The van der Waals surface area contributed by atoms with Crippen molar-refractivity contribution in [2.45, 2.75) is 6.42 Å². The third-order valence-electron chi connectivity index (χ3n) is 0.715. The van der Waals surface area contributed by atoms with Crippen LogP contribution in [-0.2, 0) is 11.5 Å². The first-order chi connectivity index (χ1) is 3.93. The maximum atomic E-state index is 9.88. The second-order valence-corrected chi connectivity index (χ2v) is 1.28. The third kappa shape index (κ3) is 1.00. The van der Waals surface area contributed by atoms with Crippen LogP contribution in [0.3, 0.4) is 0 Å². The number of nitrogens with zero attached hydrogens (tertiary/aromatic N) is 3. The summed E-state index contributed by atoms with van der Waals surface area (Å²) in [5.41, 5.74) is 0. The quantitative estimate of drug-likeness (QED) is 0.544. The molecule has 0 saturated carbocycles. The Morgan fingerprint density at radius 1 is 1.62 bits per heavy atom. The number of aromatic nitrogens is 4. The maximum Gasteiger partial charge on any atom is 0.176 e. The summed E-state index contributed by atoms with van der Waals surface area (Å²) in [6.07, 6.45) is 0.358. The van der Waals surface area contributed by atoms with Crippen molar-refractivity contribution in [2.24, 2.45) is 0 Å². The summed E-state index contributed by atoms with van der Waals surface area (Å²) in [7, 11) is 0. The molecule has 0 bridgehead atoms. The van der Waals surface area contributed by atoms with Crippen molar-refractivity contribution in [2.75, 3.05) is 6.61 Å². The average Bonchev–Trinajstić information content (AvgIpc) is 2.19. The first-order valence-corrected chi connectivity index (χ1v) is 2.24. The molecule has 0 unspecified atom stereocenters. The van der Waals surface area contributed by atoms with Crippen LogP contribution >= 0.6 is 0 Å². The van der Waals surface area contributed by atoms with Crippen LogP contribution in [0.25, 0.3) is 0 Å². The van der Waals surface area contributed by atoms with Crippen LogP contribution in [0.5, 0.6) is 0 Å². The van der Waals surface area contributed by atoms with Gasteiger partial charge in [-0.2, -0.15) is 5.21 Å². The molecule has 0 aromatic carbocycles. The molecule has 5 heteroatoms. The van der Waals surface area contributed by atoms with E-state index in [1.54, 1.807) is 0 Å². The van der Waals surface area contributed by atoms with E-state index in [4.69, 9.17) is 0 Å². The minimum Gasteiger partial charge on any atom is -0.236 e. The molecule has 1 radical (unpaired) electrons. The lowest BCUT2D eigenvalue weighted by Gasteiger charge is -1.78. The lowest BCUT2D eigenvalue weighted by molar-refractivity contribution is 0.195. The van der Waals surface area contributed by atoms with Gasteiger partial charge in [-0.15, -0.1) is 10.2 Å². The lowest BCUT2D eigenvalue weighted by atomic mass is 10.4. The van der Waals surface area contributed by atoms with Crippen LogP contribution in [0.4, 0.5) is 0 Å². The molecule has 5 nitrogen and oxygen atoms in total. The molecule has 0 aliphatic carbocycles. The molecule has 0 atom stereocenters. The van der Waals surface area contributed by atoms with Crippen LogP contribution in [0.1, 0.15) is 5.82 Å². The van der Waals surface area contributed by atoms with Crippen molar-refractivity contribution in [3.63, 3.8) is 0 Å². The van der Waals surface area contributed by atoms with Crippen molar-refractivity contribution >= 4 is 0 Å². The minimum atomic E-state index is -0.181. The Labute approximate surface area is 45.7 Å². The topological polar surface area (TPSA) is 74.4 Å². The molecule has 0 fully saturated rings. The van der Waals surface area contributed by atoms with Gasteiger partial charge in [0, 0.05) is 6.42 Å². The predicted molar refractivity (Wildman–Crippen MR) is 23.4 cm³/mol. The predicted octanol–water partition coefficient (Wildman–Crippen LogP) is -0.827. The molecule has 1 N–H and O–H groups in total. The zero-order chi connectivity index (χ0) is 5.82. The molecule has 1 heterocycles. The number of rotatable bonds is 2. The minimum absolute atomic E-state index is 0.181. The van der Waals surface area contributed by atoms with Gasteiger partial charge in [0.05, 0.1) is 6.61 Å². The van der Waals surface area contributed by atoms with Crippen molar-refractivity contribution in [3.8, 4) is 0 Å². The monoisotopic (exact) mass is 113 g/mol. The number of hydrogen-bond acceptors (Lipinski definition) is 3. The van der Waals surface area contributed by atoms with Crippen molar-refractivity contribution < 1.29 is 5.11 Å². The summed E-state index contributed by atoms with van der Waals surface area (Å²) in [6.45, 7) is -0.181. The third-order valence-corrected chi connectivity index (χ3v) is 0.715. The number of nitrogens with one attached hydrogen (secondary N) is 1. The van der Waals surface area contributed by atoms with Gasteiger partial charge < -0.3 is 0 Å². The summed E-state index contributed by atoms with van der Waals surface area (Å²) < 4.78 is 0. The summed E-state index contributed by atoms with van der Waals surface area (Å²) >= 11 is 0. The van der Waals surface area contributed by atoms with Gasteiger partial charge in [-0.3, -0.25) is 0 Å². The van der Waals surface area contributed by atoms with E-state index in [-0.39, 0.29) is 6.61 Å². The van der Waals surface area contributed by atoms with Gasteiger partial charge in [-0.1, -0.05) is 5.21 Å². The van der Waals surface area contributed by atoms with Crippen molar-refractivity contribution in [1.29, 1.82) is 0 Å². The summed E-state index contributed by atoms with van der Waals surface area (Å²) in [5.74, 6) is 0.486. The van der Waals surface area contributed by atoms with Crippen LogP contribution in [0.15, 0.2) is 0 Å². The Balaban J connectivity index is 2.50. The van der Waals surface area contributed by atoms with E-state index in [0.717, 1.165) is 0 Å². The van der Waals surface area contributed by atoms with Gasteiger partial charge in [0.1, 0.15) is 0 Å². The number of hydrogen-bond donors (Lipinski definition) is 1. The summed E-state index contributed by atoms with van der Waals surface area (Å²) in [5, 5.41) is 22.5. The molecule has 1 aromatic heterocycles. The molecule has 0 aliphatic heterocycles. The fraction of sp³-hybridized carbons (Fsp3) is 0.667. The second-order valence-electron chi connectivity index (χ2n) is 1.28. The van der Waals surface area contributed by atoms with Crippen LogP contribution in [0, 0.1) is 0 Å². The zero-order valence-corrected chi connectivity index (χ0v) is 4.16. The number of tetrazole rings is 1. The van der Waals surface area contributed by atoms with Crippen LogP contribution in [0.2, 0.25) is 0 Å². The maximum absolute atomic E-state index is 9.88. The SMILES string of the molecule is [O]CCc1nn[nH]n1. The van der Waals surface area contributed by atoms with E-state index in [2.05, 4.69) is 20.6 Å². The molecule has 1 rings (SSSR count). The molecule has 0 amide bonds. The van der Waals surface area contributed by atoms with Crippen molar-refractivity contribution in [3.05, 3.63) is 5.82 Å². The molecular weight excluding hydrogens is 108 g/mol. The van der Waals surface area contributed by atoms with E-state index < -0.39 is 0 Å². The van der Waals surface area contributed by atoms with Gasteiger partial charge in [0.2, 0.25) is 0 Å². The lowest BCUT2D eigenvalue weighted by Crippen LogP contribution is -1.91. The van der Waals surface area contributed by atoms with E-state index in [9.17, 15) is 5.11 Å². The normalized spacial score (nSPS) is 9.62. The molecule has 1 aromatic rings. The Morgan fingerprint density at radius 2 is 2.50 bits per heavy atom. The Hall–Kier alpha value is -0.970. The molecule has 0 saturated heterocycles. The van der Waals surface area contributed by atoms with Gasteiger partial charge in [-0.25, -0.2) is 5.11 Å². The fourth-order valence-corrected chi connectivity index (χ4v) is 0.380. The first kappa shape index (κ1) is 5.17. The molecule has 0 spiro atoms.